The largest absolute Gasteiger partial charge is 0.352 e. The number of benzene rings is 2. The van der Waals surface area contributed by atoms with Gasteiger partial charge >= 0.3 is 0 Å². The van der Waals surface area contributed by atoms with Crippen molar-refractivity contribution in [3.05, 3.63) is 59.7 Å². The molecule has 2 aliphatic rings. The first kappa shape index (κ1) is 20.5. The molecule has 0 spiro atoms. The predicted octanol–water partition coefficient (Wildman–Crippen LogP) is 6.69. The summed E-state index contributed by atoms with van der Waals surface area (Å²) >= 11 is 0. The van der Waals surface area contributed by atoms with E-state index in [0.29, 0.717) is 23.3 Å². The van der Waals surface area contributed by atoms with Crippen LogP contribution in [0.4, 0.5) is 8.78 Å². The monoisotopic (exact) mass is 400 g/mol. The Morgan fingerprint density at radius 3 is 2.10 bits per heavy atom. The van der Waals surface area contributed by atoms with E-state index in [1.54, 1.807) is 6.07 Å². The second kappa shape index (κ2) is 9.36. The lowest BCUT2D eigenvalue weighted by Crippen LogP contribution is -2.38. The minimum atomic E-state index is -0.811. The van der Waals surface area contributed by atoms with Gasteiger partial charge in [-0.25, -0.2) is 8.78 Å². The summed E-state index contributed by atoms with van der Waals surface area (Å²) in [6.07, 6.45) is 6.85. The number of hydrogen-bond donors (Lipinski definition) is 0. The van der Waals surface area contributed by atoms with Crippen molar-refractivity contribution in [3.63, 3.8) is 0 Å². The molecule has 29 heavy (non-hydrogen) atoms. The van der Waals surface area contributed by atoms with Crippen molar-refractivity contribution >= 4 is 0 Å². The molecule has 0 bridgehead atoms. The van der Waals surface area contributed by atoms with Gasteiger partial charge in [0.15, 0.2) is 17.9 Å². The molecule has 0 radical (unpaired) electrons. The average molecular weight is 401 g/mol. The topological polar surface area (TPSA) is 18.5 Å². The van der Waals surface area contributed by atoms with E-state index in [1.165, 1.54) is 30.5 Å². The minimum absolute atomic E-state index is 0.0280. The highest BCUT2D eigenvalue weighted by Crippen LogP contribution is 2.39. The van der Waals surface area contributed by atoms with Crippen molar-refractivity contribution in [2.75, 3.05) is 13.2 Å². The molecule has 1 aliphatic carbocycles. The van der Waals surface area contributed by atoms with Crippen LogP contribution in [0.2, 0.25) is 0 Å². The first-order chi connectivity index (χ1) is 14.1. The van der Waals surface area contributed by atoms with Gasteiger partial charge in [-0.1, -0.05) is 43.7 Å². The molecule has 0 amide bonds. The van der Waals surface area contributed by atoms with E-state index in [0.717, 1.165) is 44.5 Å². The Balaban J connectivity index is 1.31. The second-order valence-corrected chi connectivity index (χ2v) is 8.55. The Hall–Kier alpha value is -1.78. The summed E-state index contributed by atoms with van der Waals surface area (Å²) in [4.78, 5) is 0. The number of hydrogen-bond acceptors (Lipinski definition) is 2. The van der Waals surface area contributed by atoms with Gasteiger partial charge in [0.25, 0.3) is 0 Å². The highest BCUT2D eigenvalue weighted by Gasteiger charge is 2.32. The van der Waals surface area contributed by atoms with Crippen molar-refractivity contribution in [3.8, 4) is 11.1 Å². The zero-order chi connectivity index (χ0) is 20.2. The van der Waals surface area contributed by atoms with Crippen molar-refractivity contribution in [1.29, 1.82) is 0 Å². The summed E-state index contributed by atoms with van der Waals surface area (Å²) in [5.74, 6) is -0.0235. The first-order valence-corrected chi connectivity index (χ1v) is 10.9. The van der Waals surface area contributed by atoms with Gasteiger partial charge in [-0.15, -0.1) is 0 Å². The van der Waals surface area contributed by atoms with Gasteiger partial charge in [0.1, 0.15) is 0 Å². The Morgan fingerprint density at radius 1 is 0.828 bits per heavy atom. The van der Waals surface area contributed by atoms with Gasteiger partial charge in [-0.3, -0.25) is 0 Å². The molecule has 2 fully saturated rings. The van der Waals surface area contributed by atoms with E-state index in [1.807, 2.05) is 12.1 Å². The van der Waals surface area contributed by atoms with Crippen LogP contribution in [0.5, 0.6) is 0 Å². The van der Waals surface area contributed by atoms with Crippen LogP contribution in [0.3, 0.4) is 0 Å². The van der Waals surface area contributed by atoms with Crippen LogP contribution >= 0.6 is 0 Å². The van der Waals surface area contributed by atoms with Crippen LogP contribution in [0.25, 0.3) is 11.1 Å². The zero-order valence-electron chi connectivity index (χ0n) is 17.1. The third-order valence-corrected chi connectivity index (χ3v) is 6.48. The molecule has 4 rings (SSSR count). The lowest BCUT2D eigenvalue weighted by molar-refractivity contribution is -0.229. The molecule has 0 aromatic heterocycles. The van der Waals surface area contributed by atoms with Crippen molar-refractivity contribution < 1.29 is 18.3 Å². The molecule has 156 valence electrons. The van der Waals surface area contributed by atoms with Crippen LogP contribution < -0.4 is 0 Å². The molecule has 0 atom stereocenters. The minimum Gasteiger partial charge on any atom is -0.352 e. The molecule has 0 unspecified atom stereocenters. The van der Waals surface area contributed by atoms with E-state index in [2.05, 4.69) is 19.1 Å². The maximum atomic E-state index is 13.5. The molecule has 1 aliphatic heterocycles. The van der Waals surface area contributed by atoms with E-state index in [9.17, 15) is 8.78 Å². The van der Waals surface area contributed by atoms with Crippen LogP contribution in [0.1, 0.15) is 56.9 Å². The Kier molecular flexibility index (Phi) is 6.61. The molecular weight excluding hydrogens is 370 g/mol. The number of rotatable bonds is 5. The molecule has 0 N–H and O–H groups in total. The Labute approximate surface area is 172 Å². The van der Waals surface area contributed by atoms with Crippen LogP contribution in [0.15, 0.2) is 42.5 Å². The van der Waals surface area contributed by atoms with Gasteiger partial charge in [-0.05, 0) is 66.8 Å². The molecule has 2 aromatic rings. The summed E-state index contributed by atoms with van der Waals surface area (Å²) in [6.45, 7) is 3.88. The zero-order valence-corrected chi connectivity index (χ0v) is 17.1. The van der Waals surface area contributed by atoms with Crippen molar-refractivity contribution in [1.82, 2.24) is 0 Å². The van der Waals surface area contributed by atoms with E-state index >= 15 is 0 Å². The van der Waals surface area contributed by atoms with E-state index in [-0.39, 0.29) is 6.29 Å². The number of halogens is 2. The van der Waals surface area contributed by atoms with E-state index in [4.69, 9.17) is 9.47 Å². The lowest BCUT2D eigenvalue weighted by Gasteiger charge is -2.37. The van der Waals surface area contributed by atoms with E-state index < -0.39 is 11.6 Å². The van der Waals surface area contributed by atoms with Crippen molar-refractivity contribution in [2.24, 2.45) is 11.8 Å². The van der Waals surface area contributed by atoms with Gasteiger partial charge in [0.2, 0.25) is 0 Å². The maximum absolute atomic E-state index is 13.5. The molecule has 1 saturated carbocycles. The third kappa shape index (κ3) is 4.87. The fourth-order valence-electron chi connectivity index (χ4n) is 4.75. The Morgan fingerprint density at radius 2 is 1.48 bits per heavy atom. The average Bonchev–Trinajstić information content (AvgIpc) is 2.77. The van der Waals surface area contributed by atoms with Gasteiger partial charge in [0, 0.05) is 11.8 Å². The summed E-state index contributed by atoms with van der Waals surface area (Å²) in [7, 11) is 0. The normalized spacial score (nSPS) is 27.7. The fourth-order valence-corrected chi connectivity index (χ4v) is 4.75. The molecule has 1 heterocycles. The summed E-state index contributed by atoms with van der Waals surface area (Å²) in [5, 5.41) is 0. The predicted molar refractivity (Wildman–Crippen MR) is 111 cm³/mol. The lowest BCUT2D eigenvalue weighted by atomic mass is 9.78. The molecule has 2 aromatic carbocycles. The SMILES string of the molecule is CCCC1COC(C2CCC(c3ccc(-c4ccc(F)c(F)c4)cc3)CC2)OC1. The molecule has 1 saturated heterocycles. The summed E-state index contributed by atoms with van der Waals surface area (Å²) in [5.41, 5.74) is 2.93. The van der Waals surface area contributed by atoms with Crippen LogP contribution in [-0.2, 0) is 9.47 Å². The third-order valence-electron chi connectivity index (χ3n) is 6.48. The summed E-state index contributed by atoms with van der Waals surface area (Å²) in [6, 6.07) is 12.3. The molecule has 4 heteroatoms. The fraction of sp³-hybridized carbons (Fsp3) is 0.520. The Bertz CT molecular complexity index is 789. The molecule has 2 nitrogen and oxygen atoms in total. The van der Waals surface area contributed by atoms with Gasteiger partial charge in [0.05, 0.1) is 13.2 Å². The smallest absolute Gasteiger partial charge is 0.160 e. The first-order valence-electron chi connectivity index (χ1n) is 10.9. The van der Waals surface area contributed by atoms with Crippen LogP contribution in [0, 0.1) is 23.5 Å². The number of ether oxygens (including phenoxy) is 2. The highest BCUT2D eigenvalue weighted by atomic mass is 19.2. The summed E-state index contributed by atoms with van der Waals surface area (Å²) < 4.78 is 38.7. The van der Waals surface area contributed by atoms with Crippen molar-refractivity contribution in [2.45, 2.75) is 57.7 Å². The van der Waals surface area contributed by atoms with Gasteiger partial charge in [-0.2, -0.15) is 0 Å². The quantitative estimate of drug-likeness (QED) is 0.556. The van der Waals surface area contributed by atoms with Gasteiger partial charge < -0.3 is 9.47 Å². The standard InChI is InChI=1S/C25H30F2O2/c1-2-3-17-15-28-25(29-16-17)21-10-8-19(9-11-21)18-4-6-20(7-5-18)22-12-13-23(26)24(27)14-22/h4-7,12-14,17,19,21,25H,2-3,8-11,15-16H2,1H3. The molecular formula is C25H30F2O2. The van der Waals surface area contributed by atoms with Crippen LogP contribution in [-0.4, -0.2) is 19.5 Å². The highest BCUT2D eigenvalue weighted by molar-refractivity contribution is 5.63. The maximum Gasteiger partial charge on any atom is 0.160 e. The second-order valence-electron chi connectivity index (χ2n) is 8.55.